The fourth-order valence-corrected chi connectivity index (χ4v) is 2.56. The fourth-order valence-electron chi connectivity index (χ4n) is 2.56. The number of carbonyl (C=O) groups excluding carboxylic acids is 2. The molecule has 0 heterocycles. The van der Waals surface area contributed by atoms with Crippen molar-refractivity contribution in [2.75, 3.05) is 11.9 Å². The fraction of sp³-hybridized carbons (Fsp3) is 0.286. The van der Waals surface area contributed by atoms with E-state index in [2.05, 4.69) is 10.6 Å². The third-order valence-electron chi connectivity index (χ3n) is 4.04. The second kappa shape index (κ2) is 10.8. The van der Waals surface area contributed by atoms with Crippen LogP contribution in [-0.2, 0) is 4.79 Å². The van der Waals surface area contributed by atoms with Crippen LogP contribution < -0.4 is 10.6 Å². The van der Waals surface area contributed by atoms with E-state index in [0.29, 0.717) is 29.8 Å². The first-order valence-corrected chi connectivity index (χ1v) is 9.03. The Bertz CT molecular complexity index is 758. The third kappa shape index (κ3) is 7.32. The Kier molecular flexibility index (Phi) is 8.03. The smallest absolute Gasteiger partial charge is 0.303 e. The second-order valence-corrected chi connectivity index (χ2v) is 6.21. The summed E-state index contributed by atoms with van der Waals surface area (Å²) in [5, 5.41) is 14.2. The Morgan fingerprint density at radius 3 is 2.04 bits per heavy atom. The molecule has 2 aromatic rings. The molecule has 27 heavy (non-hydrogen) atoms. The lowest BCUT2D eigenvalue weighted by Gasteiger charge is -2.08. The van der Waals surface area contributed by atoms with Crippen LogP contribution in [0.5, 0.6) is 0 Å². The van der Waals surface area contributed by atoms with Gasteiger partial charge in [-0.2, -0.15) is 0 Å². The lowest BCUT2D eigenvalue weighted by molar-refractivity contribution is -0.137. The molecule has 2 amide bonds. The van der Waals surface area contributed by atoms with Gasteiger partial charge in [-0.3, -0.25) is 14.4 Å². The number of nitrogens with one attached hydrogen (secondary N) is 2. The number of anilines is 1. The number of rotatable bonds is 10. The van der Waals surface area contributed by atoms with Crippen LogP contribution in [0.25, 0.3) is 0 Å². The second-order valence-electron chi connectivity index (χ2n) is 6.21. The minimum Gasteiger partial charge on any atom is -0.481 e. The van der Waals surface area contributed by atoms with Crippen LogP contribution in [-0.4, -0.2) is 29.4 Å². The molecule has 0 aliphatic carbocycles. The average Bonchev–Trinajstić information content (AvgIpc) is 2.68. The molecule has 0 saturated heterocycles. The molecule has 0 aliphatic heterocycles. The number of benzene rings is 2. The predicted octanol–water partition coefficient (Wildman–Crippen LogP) is 3.70. The first-order chi connectivity index (χ1) is 13.1. The first kappa shape index (κ1) is 20.2. The predicted molar refractivity (Wildman–Crippen MR) is 104 cm³/mol. The quantitative estimate of drug-likeness (QED) is 0.557. The molecule has 3 N–H and O–H groups in total. The van der Waals surface area contributed by atoms with E-state index in [4.69, 9.17) is 5.11 Å². The summed E-state index contributed by atoms with van der Waals surface area (Å²) in [6, 6.07) is 15.6. The van der Waals surface area contributed by atoms with E-state index in [0.717, 1.165) is 19.3 Å². The Balaban J connectivity index is 1.72. The van der Waals surface area contributed by atoms with Crippen molar-refractivity contribution in [3.8, 4) is 0 Å². The number of hydrogen-bond acceptors (Lipinski definition) is 3. The molecule has 0 unspecified atom stereocenters. The molecule has 2 aromatic carbocycles. The monoisotopic (exact) mass is 368 g/mol. The van der Waals surface area contributed by atoms with Crippen molar-refractivity contribution in [1.82, 2.24) is 5.32 Å². The third-order valence-corrected chi connectivity index (χ3v) is 4.04. The van der Waals surface area contributed by atoms with E-state index in [1.165, 1.54) is 0 Å². The molecule has 0 radical (unpaired) electrons. The van der Waals surface area contributed by atoms with Crippen molar-refractivity contribution in [1.29, 1.82) is 0 Å². The first-order valence-electron chi connectivity index (χ1n) is 9.03. The van der Waals surface area contributed by atoms with Gasteiger partial charge >= 0.3 is 5.97 Å². The Hall–Kier alpha value is -3.15. The van der Waals surface area contributed by atoms with Gasteiger partial charge in [0.15, 0.2) is 0 Å². The molecule has 142 valence electrons. The molecule has 0 fully saturated rings. The van der Waals surface area contributed by atoms with E-state index in [-0.39, 0.29) is 18.2 Å². The summed E-state index contributed by atoms with van der Waals surface area (Å²) in [5.41, 5.74) is 1.72. The van der Waals surface area contributed by atoms with Crippen LogP contribution in [0.1, 0.15) is 52.8 Å². The number of aliphatic carboxylic acids is 1. The Morgan fingerprint density at radius 2 is 1.37 bits per heavy atom. The topological polar surface area (TPSA) is 95.5 Å². The van der Waals surface area contributed by atoms with Crippen LogP contribution in [0, 0.1) is 0 Å². The molecule has 2 rings (SSSR count). The molecule has 0 aromatic heterocycles. The Labute approximate surface area is 158 Å². The summed E-state index contributed by atoms with van der Waals surface area (Å²) in [7, 11) is 0. The van der Waals surface area contributed by atoms with Gasteiger partial charge < -0.3 is 15.7 Å². The van der Waals surface area contributed by atoms with Gasteiger partial charge in [-0.1, -0.05) is 31.0 Å². The van der Waals surface area contributed by atoms with Gasteiger partial charge in [0.05, 0.1) is 0 Å². The number of carboxylic acids is 1. The van der Waals surface area contributed by atoms with Gasteiger partial charge in [0.2, 0.25) is 0 Å². The largest absolute Gasteiger partial charge is 0.481 e. The van der Waals surface area contributed by atoms with Gasteiger partial charge in [0, 0.05) is 29.8 Å². The van der Waals surface area contributed by atoms with E-state index in [9.17, 15) is 14.4 Å². The number of hydrogen-bond donors (Lipinski definition) is 3. The van der Waals surface area contributed by atoms with Crippen LogP contribution in [0.2, 0.25) is 0 Å². The zero-order valence-electron chi connectivity index (χ0n) is 15.1. The van der Waals surface area contributed by atoms with Gasteiger partial charge in [-0.05, 0) is 49.2 Å². The van der Waals surface area contributed by atoms with E-state index in [1.807, 2.05) is 6.07 Å². The van der Waals surface area contributed by atoms with Crippen LogP contribution >= 0.6 is 0 Å². The maximum atomic E-state index is 12.1. The van der Waals surface area contributed by atoms with Crippen LogP contribution in [0.3, 0.4) is 0 Å². The van der Waals surface area contributed by atoms with Gasteiger partial charge in [-0.25, -0.2) is 0 Å². The maximum absolute atomic E-state index is 12.1. The maximum Gasteiger partial charge on any atom is 0.303 e. The normalized spacial score (nSPS) is 10.2. The minimum atomic E-state index is -0.772. The molecule has 0 bridgehead atoms. The molecule has 0 aliphatic rings. The van der Waals surface area contributed by atoms with Crippen molar-refractivity contribution in [2.24, 2.45) is 0 Å². The van der Waals surface area contributed by atoms with Gasteiger partial charge in [-0.15, -0.1) is 0 Å². The van der Waals surface area contributed by atoms with Crippen molar-refractivity contribution in [3.63, 3.8) is 0 Å². The number of carbonyl (C=O) groups is 3. The zero-order valence-corrected chi connectivity index (χ0v) is 15.1. The highest BCUT2D eigenvalue weighted by atomic mass is 16.4. The van der Waals surface area contributed by atoms with Gasteiger partial charge in [0.25, 0.3) is 11.8 Å². The molecular formula is C21H24N2O4. The average molecular weight is 368 g/mol. The molecule has 0 spiro atoms. The van der Waals surface area contributed by atoms with E-state index < -0.39 is 5.97 Å². The summed E-state index contributed by atoms with van der Waals surface area (Å²) >= 11 is 0. The van der Waals surface area contributed by atoms with E-state index >= 15 is 0 Å². The summed E-state index contributed by atoms with van der Waals surface area (Å²) in [6.07, 6.45) is 3.41. The SMILES string of the molecule is O=C(O)CCCCCCNC(=O)c1ccc(NC(=O)c2ccccc2)cc1. The lowest BCUT2D eigenvalue weighted by atomic mass is 10.1. The lowest BCUT2D eigenvalue weighted by Crippen LogP contribution is -2.24. The summed E-state index contributed by atoms with van der Waals surface area (Å²) in [4.78, 5) is 34.6. The molecule has 6 nitrogen and oxygen atoms in total. The Morgan fingerprint density at radius 1 is 0.741 bits per heavy atom. The van der Waals surface area contributed by atoms with Gasteiger partial charge in [0.1, 0.15) is 0 Å². The molecule has 0 atom stereocenters. The van der Waals surface area contributed by atoms with Crippen molar-refractivity contribution >= 4 is 23.5 Å². The summed E-state index contributed by atoms with van der Waals surface area (Å²) in [6.45, 7) is 0.554. The standard InChI is InChI=1S/C21H24N2O4/c24-19(25)10-6-1-2-7-15-22-20(26)17-11-13-18(14-12-17)23-21(27)16-8-4-3-5-9-16/h3-5,8-9,11-14H,1-2,6-7,10,15H2,(H,22,26)(H,23,27)(H,24,25). The van der Waals surface area contributed by atoms with Crippen molar-refractivity contribution in [2.45, 2.75) is 32.1 Å². The molecule has 6 heteroatoms. The van der Waals surface area contributed by atoms with Crippen LogP contribution in [0.15, 0.2) is 54.6 Å². The minimum absolute atomic E-state index is 0.165. The van der Waals surface area contributed by atoms with E-state index in [1.54, 1.807) is 48.5 Å². The highest BCUT2D eigenvalue weighted by Crippen LogP contribution is 2.12. The highest BCUT2D eigenvalue weighted by molar-refractivity contribution is 6.04. The highest BCUT2D eigenvalue weighted by Gasteiger charge is 2.07. The number of unbranched alkanes of at least 4 members (excludes halogenated alkanes) is 3. The van der Waals surface area contributed by atoms with Crippen molar-refractivity contribution in [3.05, 3.63) is 65.7 Å². The summed E-state index contributed by atoms with van der Waals surface area (Å²) in [5.74, 6) is -1.14. The van der Waals surface area contributed by atoms with Crippen LogP contribution in [0.4, 0.5) is 5.69 Å². The molecule has 0 saturated carbocycles. The number of amides is 2. The zero-order chi connectivity index (χ0) is 19.5. The summed E-state index contributed by atoms with van der Waals surface area (Å²) < 4.78 is 0. The number of carboxylic acid groups (broad SMARTS) is 1. The van der Waals surface area contributed by atoms with Crippen molar-refractivity contribution < 1.29 is 19.5 Å². The molecular weight excluding hydrogens is 344 g/mol.